The van der Waals surface area contributed by atoms with Crippen molar-refractivity contribution < 1.29 is 4.74 Å². The second-order valence-corrected chi connectivity index (χ2v) is 5.49. The van der Waals surface area contributed by atoms with E-state index in [2.05, 4.69) is 29.4 Å². The summed E-state index contributed by atoms with van der Waals surface area (Å²) < 4.78 is 5.27. The Kier molecular flexibility index (Phi) is 4.75. The van der Waals surface area contributed by atoms with Gasteiger partial charge < -0.3 is 4.74 Å². The number of fused-ring (bicyclic) bond motifs is 1. The van der Waals surface area contributed by atoms with E-state index in [0.29, 0.717) is 0 Å². The third kappa shape index (κ3) is 3.39. The van der Waals surface area contributed by atoms with Crippen LogP contribution >= 0.6 is 11.8 Å². The minimum Gasteiger partial charge on any atom is -0.497 e. The summed E-state index contributed by atoms with van der Waals surface area (Å²) in [5.41, 5.74) is 2.94. The van der Waals surface area contributed by atoms with Gasteiger partial charge in [0.15, 0.2) is 0 Å². The first-order valence-electron chi connectivity index (χ1n) is 6.20. The van der Waals surface area contributed by atoms with Gasteiger partial charge in [0.2, 0.25) is 0 Å². The summed E-state index contributed by atoms with van der Waals surface area (Å²) in [6, 6.07) is 6.48. The molecule has 0 saturated heterocycles. The average Bonchev–Trinajstić information content (AvgIpc) is 2.38. The van der Waals surface area contributed by atoms with E-state index in [1.807, 2.05) is 11.8 Å². The largest absolute Gasteiger partial charge is 0.497 e. The van der Waals surface area contributed by atoms with Crippen molar-refractivity contribution in [3.05, 3.63) is 29.3 Å². The predicted octanol–water partition coefficient (Wildman–Crippen LogP) is 2.81. The second kappa shape index (κ2) is 6.31. The smallest absolute Gasteiger partial charge is 0.119 e. The van der Waals surface area contributed by atoms with Gasteiger partial charge in [0.1, 0.15) is 5.75 Å². The van der Waals surface area contributed by atoms with Crippen molar-refractivity contribution in [3.63, 3.8) is 0 Å². The molecule has 0 aliphatic carbocycles. The van der Waals surface area contributed by atoms with Gasteiger partial charge in [-0.05, 0) is 54.7 Å². The molecule has 0 saturated carbocycles. The maximum atomic E-state index is 5.27. The van der Waals surface area contributed by atoms with E-state index in [9.17, 15) is 0 Å². The Morgan fingerprint density at radius 2 is 2.24 bits per heavy atom. The summed E-state index contributed by atoms with van der Waals surface area (Å²) in [5.74, 6) is 2.26. The molecule has 1 aromatic rings. The van der Waals surface area contributed by atoms with Crippen molar-refractivity contribution in [1.29, 1.82) is 0 Å². The van der Waals surface area contributed by atoms with Gasteiger partial charge >= 0.3 is 0 Å². The van der Waals surface area contributed by atoms with Crippen LogP contribution in [0.15, 0.2) is 18.2 Å². The fourth-order valence-corrected chi connectivity index (χ4v) is 2.76. The summed E-state index contributed by atoms with van der Waals surface area (Å²) in [6.45, 7) is 3.52. The summed E-state index contributed by atoms with van der Waals surface area (Å²) in [5, 5.41) is 0. The minimum atomic E-state index is 0.986. The molecular weight excluding hydrogens is 230 g/mol. The highest BCUT2D eigenvalue weighted by Crippen LogP contribution is 2.23. The molecular formula is C14H21NOS. The van der Waals surface area contributed by atoms with Crippen LogP contribution in [0.3, 0.4) is 0 Å². The van der Waals surface area contributed by atoms with E-state index >= 15 is 0 Å². The van der Waals surface area contributed by atoms with Crippen molar-refractivity contribution in [3.8, 4) is 5.75 Å². The standard InChI is InChI=1S/C14H21NOS/c1-16-14-5-4-13-11-15(7-3-9-17-2)8-6-12(13)10-14/h4-5,10H,3,6-9,11H2,1-2H3. The van der Waals surface area contributed by atoms with Crippen LogP contribution in [0.25, 0.3) is 0 Å². The van der Waals surface area contributed by atoms with Gasteiger partial charge in [-0.1, -0.05) is 6.07 Å². The Balaban J connectivity index is 1.94. The number of hydrogen-bond acceptors (Lipinski definition) is 3. The Labute approximate surface area is 108 Å². The molecule has 1 aliphatic rings. The number of hydrogen-bond donors (Lipinski definition) is 0. The van der Waals surface area contributed by atoms with E-state index in [-0.39, 0.29) is 0 Å². The van der Waals surface area contributed by atoms with Gasteiger partial charge in [-0.25, -0.2) is 0 Å². The number of thioether (sulfide) groups is 1. The van der Waals surface area contributed by atoms with Crippen LogP contribution in [0.4, 0.5) is 0 Å². The van der Waals surface area contributed by atoms with Crippen molar-refractivity contribution in [2.24, 2.45) is 0 Å². The third-order valence-electron chi connectivity index (χ3n) is 3.33. The molecule has 17 heavy (non-hydrogen) atoms. The molecule has 2 rings (SSSR count). The Bertz CT molecular complexity index is 367. The van der Waals surface area contributed by atoms with Gasteiger partial charge in [-0.3, -0.25) is 4.90 Å². The fourth-order valence-electron chi connectivity index (χ4n) is 2.34. The van der Waals surface area contributed by atoms with Gasteiger partial charge in [-0.15, -0.1) is 0 Å². The van der Waals surface area contributed by atoms with Crippen LogP contribution in [-0.4, -0.2) is 37.1 Å². The minimum absolute atomic E-state index is 0.986. The molecule has 0 radical (unpaired) electrons. The van der Waals surface area contributed by atoms with Crippen LogP contribution in [0.1, 0.15) is 17.5 Å². The summed E-state index contributed by atoms with van der Waals surface area (Å²) in [6.07, 6.45) is 4.64. The lowest BCUT2D eigenvalue weighted by Crippen LogP contribution is -2.31. The lowest BCUT2D eigenvalue weighted by molar-refractivity contribution is 0.255. The lowest BCUT2D eigenvalue weighted by atomic mass is 9.99. The van der Waals surface area contributed by atoms with Crippen molar-refractivity contribution >= 4 is 11.8 Å². The van der Waals surface area contributed by atoms with Crippen LogP contribution in [-0.2, 0) is 13.0 Å². The van der Waals surface area contributed by atoms with Crippen LogP contribution in [0.2, 0.25) is 0 Å². The molecule has 1 aliphatic heterocycles. The number of rotatable bonds is 5. The average molecular weight is 251 g/mol. The molecule has 0 bridgehead atoms. The van der Waals surface area contributed by atoms with E-state index in [4.69, 9.17) is 4.74 Å². The first-order valence-corrected chi connectivity index (χ1v) is 7.60. The fraction of sp³-hybridized carbons (Fsp3) is 0.571. The van der Waals surface area contributed by atoms with Gasteiger partial charge in [-0.2, -0.15) is 11.8 Å². The lowest BCUT2D eigenvalue weighted by Gasteiger charge is -2.28. The number of methoxy groups -OCH3 is 1. The molecule has 2 nitrogen and oxygen atoms in total. The summed E-state index contributed by atoms with van der Waals surface area (Å²) in [4.78, 5) is 2.56. The molecule has 0 unspecified atom stereocenters. The number of benzene rings is 1. The number of nitrogens with zero attached hydrogens (tertiary/aromatic N) is 1. The van der Waals surface area contributed by atoms with Crippen molar-refractivity contribution in [2.45, 2.75) is 19.4 Å². The molecule has 0 fully saturated rings. The molecule has 1 aromatic carbocycles. The van der Waals surface area contributed by atoms with Crippen LogP contribution in [0.5, 0.6) is 5.75 Å². The first-order chi connectivity index (χ1) is 8.33. The highest BCUT2D eigenvalue weighted by molar-refractivity contribution is 7.98. The van der Waals surface area contributed by atoms with Gasteiger partial charge in [0, 0.05) is 13.1 Å². The van der Waals surface area contributed by atoms with Gasteiger partial charge in [0.25, 0.3) is 0 Å². The van der Waals surface area contributed by atoms with E-state index in [1.165, 1.54) is 36.4 Å². The SMILES string of the molecule is COc1ccc2c(c1)CCN(CCCSC)C2. The van der Waals surface area contributed by atoms with Crippen molar-refractivity contribution in [1.82, 2.24) is 4.90 Å². The monoisotopic (exact) mass is 251 g/mol. The topological polar surface area (TPSA) is 12.5 Å². The second-order valence-electron chi connectivity index (χ2n) is 4.51. The zero-order valence-corrected chi connectivity index (χ0v) is 11.6. The van der Waals surface area contributed by atoms with E-state index in [0.717, 1.165) is 18.7 Å². The summed E-state index contributed by atoms with van der Waals surface area (Å²) in [7, 11) is 1.74. The molecule has 0 aromatic heterocycles. The highest BCUT2D eigenvalue weighted by atomic mass is 32.2. The molecule has 0 atom stereocenters. The highest BCUT2D eigenvalue weighted by Gasteiger charge is 2.15. The summed E-state index contributed by atoms with van der Waals surface area (Å²) >= 11 is 1.94. The normalized spacial score (nSPS) is 15.6. The zero-order valence-electron chi connectivity index (χ0n) is 10.7. The predicted molar refractivity (Wildman–Crippen MR) is 75.0 cm³/mol. The maximum Gasteiger partial charge on any atom is 0.119 e. The Hall–Kier alpha value is -0.670. The molecule has 94 valence electrons. The molecule has 3 heteroatoms. The molecule has 1 heterocycles. The zero-order chi connectivity index (χ0) is 12.1. The Morgan fingerprint density at radius 1 is 1.35 bits per heavy atom. The quantitative estimate of drug-likeness (QED) is 0.747. The molecule has 0 spiro atoms. The van der Waals surface area contributed by atoms with Crippen molar-refractivity contribution in [2.75, 3.05) is 32.2 Å². The van der Waals surface area contributed by atoms with Crippen LogP contribution < -0.4 is 4.74 Å². The first kappa shape index (κ1) is 12.8. The van der Waals surface area contributed by atoms with E-state index < -0.39 is 0 Å². The van der Waals surface area contributed by atoms with Crippen LogP contribution in [0, 0.1) is 0 Å². The maximum absolute atomic E-state index is 5.27. The van der Waals surface area contributed by atoms with Gasteiger partial charge in [0.05, 0.1) is 7.11 Å². The molecule has 0 amide bonds. The third-order valence-corrected chi connectivity index (χ3v) is 4.02. The van der Waals surface area contributed by atoms with E-state index in [1.54, 1.807) is 7.11 Å². The number of ether oxygens (including phenoxy) is 1. The molecule has 0 N–H and O–H groups in total. The Morgan fingerprint density at radius 3 is 3.00 bits per heavy atom.